The lowest BCUT2D eigenvalue weighted by atomic mass is 10.2. The van der Waals surface area contributed by atoms with Crippen molar-refractivity contribution >= 4 is 45.8 Å². The van der Waals surface area contributed by atoms with Crippen LogP contribution >= 0.6 is 11.8 Å². The number of hydrogen-bond acceptors (Lipinski definition) is 8. The highest BCUT2D eigenvalue weighted by molar-refractivity contribution is 8.15. The van der Waals surface area contributed by atoms with Gasteiger partial charge in [0.15, 0.2) is 5.17 Å². The first-order chi connectivity index (χ1) is 16.4. The predicted octanol–water partition coefficient (Wildman–Crippen LogP) is 4.36. The van der Waals surface area contributed by atoms with Crippen molar-refractivity contribution in [1.29, 1.82) is 0 Å². The van der Waals surface area contributed by atoms with Crippen molar-refractivity contribution in [3.63, 3.8) is 0 Å². The summed E-state index contributed by atoms with van der Waals surface area (Å²) in [5.74, 6) is 0.0490. The van der Waals surface area contributed by atoms with Gasteiger partial charge in [-0.1, -0.05) is 30.0 Å². The number of amides is 2. The number of nitro benzene ring substituents is 1. The van der Waals surface area contributed by atoms with Crippen LogP contribution in [0, 0.1) is 10.1 Å². The van der Waals surface area contributed by atoms with E-state index in [0.717, 1.165) is 0 Å². The molecule has 1 N–H and O–H groups in total. The standard InChI is InChI=1S/C23H20N4O6S/c1-32-19-12-16(27(30)31)9-10-18(19)25-21(28)13-20-22(29)26(14-17-8-5-11-33-17)23(34-20)24-15-6-3-2-4-7-15/h2-12,20H,13-14H2,1H3,(H,25,28). The van der Waals surface area contributed by atoms with Gasteiger partial charge in [-0.05, 0) is 30.3 Å². The summed E-state index contributed by atoms with van der Waals surface area (Å²) in [5.41, 5.74) is 0.800. The predicted molar refractivity (Wildman–Crippen MR) is 127 cm³/mol. The van der Waals surface area contributed by atoms with Crippen molar-refractivity contribution in [2.75, 3.05) is 12.4 Å². The van der Waals surface area contributed by atoms with Gasteiger partial charge in [-0.2, -0.15) is 0 Å². The van der Waals surface area contributed by atoms with E-state index in [1.807, 2.05) is 30.3 Å². The Bertz CT molecular complexity index is 1230. The molecule has 1 atom stereocenters. The van der Waals surface area contributed by atoms with E-state index < -0.39 is 16.1 Å². The number of hydrogen-bond donors (Lipinski definition) is 1. The van der Waals surface area contributed by atoms with Crippen LogP contribution < -0.4 is 10.1 Å². The van der Waals surface area contributed by atoms with Crippen molar-refractivity contribution in [2.45, 2.75) is 18.2 Å². The highest BCUT2D eigenvalue weighted by Crippen LogP contribution is 2.34. The van der Waals surface area contributed by atoms with Gasteiger partial charge in [0.25, 0.3) is 5.69 Å². The van der Waals surface area contributed by atoms with E-state index in [0.29, 0.717) is 16.6 Å². The van der Waals surface area contributed by atoms with Gasteiger partial charge < -0.3 is 14.5 Å². The second-order valence-corrected chi connectivity index (χ2v) is 8.40. The van der Waals surface area contributed by atoms with Crippen molar-refractivity contribution in [3.05, 3.63) is 82.8 Å². The molecule has 4 rings (SSSR count). The molecule has 0 spiro atoms. The van der Waals surface area contributed by atoms with E-state index >= 15 is 0 Å². The Morgan fingerprint density at radius 2 is 2.03 bits per heavy atom. The summed E-state index contributed by atoms with van der Waals surface area (Å²) in [6.45, 7) is 0.193. The number of methoxy groups -OCH3 is 1. The maximum absolute atomic E-state index is 13.2. The summed E-state index contributed by atoms with van der Waals surface area (Å²) in [6, 6.07) is 16.6. The number of thioether (sulfide) groups is 1. The summed E-state index contributed by atoms with van der Waals surface area (Å²) in [6.07, 6.45) is 1.41. The molecule has 2 heterocycles. The number of aliphatic imine (C=N–C) groups is 1. The molecule has 2 amide bonds. The fourth-order valence-corrected chi connectivity index (χ4v) is 4.47. The molecule has 1 aromatic heterocycles. The number of carbonyl (C=O) groups is 2. The van der Waals surface area contributed by atoms with E-state index in [1.54, 1.807) is 12.1 Å². The lowest BCUT2D eigenvalue weighted by Crippen LogP contribution is -2.33. The van der Waals surface area contributed by atoms with Crippen LogP contribution in [0.3, 0.4) is 0 Å². The summed E-state index contributed by atoms with van der Waals surface area (Å²) >= 11 is 1.20. The third kappa shape index (κ3) is 5.26. The maximum atomic E-state index is 13.2. The van der Waals surface area contributed by atoms with E-state index in [9.17, 15) is 19.7 Å². The molecule has 1 fully saturated rings. The van der Waals surface area contributed by atoms with Crippen molar-refractivity contribution < 1.29 is 23.7 Å². The first-order valence-corrected chi connectivity index (χ1v) is 11.1. The Balaban J connectivity index is 1.51. The molecule has 34 heavy (non-hydrogen) atoms. The number of carbonyl (C=O) groups excluding carboxylic acids is 2. The number of anilines is 1. The van der Waals surface area contributed by atoms with Crippen LogP contribution in [-0.2, 0) is 16.1 Å². The van der Waals surface area contributed by atoms with Crippen molar-refractivity contribution in [2.24, 2.45) is 4.99 Å². The monoisotopic (exact) mass is 480 g/mol. The average molecular weight is 481 g/mol. The number of ether oxygens (including phenoxy) is 1. The molecule has 0 radical (unpaired) electrons. The molecule has 0 saturated carbocycles. The zero-order valence-corrected chi connectivity index (χ0v) is 18.9. The number of amidine groups is 1. The molecule has 1 unspecified atom stereocenters. The van der Waals surface area contributed by atoms with Gasteiger partial charge in [0.2, 0.25) is 11.8 Å². The van der Waals surface area contributed by atoms with Gasteiger partial charge in [-0.15, -0.1) is 0 Å². The van der Waals surface area contributed by atoms with Crippen LogP contribution in [0.1, 0.15) is 12.2 Å². The second-order valence-electron chi connectivity index (χ2n) is 7.23. The molecule has 1 saturated heterocycles. The highest BCUT2D eigenvalue weighted by atomic mass is 32.2. The molecule has 2 aromatic carbocycles. The Morgan fingerprint density at radius 3 is 2.71 bits per heavy atom. The Kier molecular flexibility index (Phi) is 6.93. The summed E-state index contributed by atoms with van der Waals surface area (Å²) in [7, 11) is 1.35. The molecule has 174 valence electrons. The fourth-order valence-electron chi connectivity index (χ4n) is 3.31. The van der Waals surface area contributed by atoms with Gasteiger partial charge in [-0.25, -0.2) is 4.99 Å². The Morgan fingerprint density at radius 1 is 1.24 bits per heavy atom. The van der Waals surface area contributed by atoms with E-state index in [1.165, 1.54) is 48.2 Å². The smallest absolute Gasteiger partial charge is 0.273 e. The number of non-ortho nitro benzene ring substituents is 1. The van der Waals surface area contributed by atoms with Gasteiger partial charge in [0, 0.05) is 12.5 Å². The fraction of sp³-hybridized carbons (Fsp3) is 0.174. The number of para-hydroxylation sites is 1. The normalized spacial score (nSPS) is 16.6. The topological polar surface area (TPSA) is 127 Å². The van der Waals surface area contributed by atoms with Gasteiger partial charge in [-0.3, -0.25) is 24.6 Å². The Labute approximate surface area is 198 Å². The zero-order chi connectivity index (χ0) is 24.1. The highest BCUT2D eigenvalue weighted by Gasteiger charge is 2.39. The second kappa shape index (κ2) is 10.2. The largest absolute Gasteiger partial charge is 0.494 e. The van der Waals surface area contributed by atoms with E-state index in [4.69, 9.17) is 9.15 Å². The van der Waals surface area contributed by atoms with Crippen LogP contribution in [0.15, 0.2) is 76.3 Å². The molecular weight excluding hydrogens is 460 g/mol. The lowest BCUT2D eigenvalue weighted by Gasteiger charge is -2.15. The third-order valence-electron chi connectivity index (χ3n) is 4.94. The maximum Gasteiger partial charge on any atom is 0.273 e. The third-order valence-corrected chi connectivity index (χ3v) is 6.11. The van der Waals surface area contributed by atoms with Crippen molar-refractivity contribution in [3.8, 4) is 5.75 Å². The number of nitrogens with zero attached hydrogens (tertiary/aromatic N) is 3. The zero-order valence-electron chi connectivity index (χ0n) is 18.0. The summed E-state index contributed by atoms with van der Waals surface area (Å²) in [4.78, 5) is 42.4. The molecule has 11 heteroatoms. The SMILES string of the molecule is COc1cc([N+](=O)[O-])ccc1NC(=O)CC1SC(=Nc2ccccc2)N(Cc2ccco2)C1=O. The van der Waals surface area contributed by atoms with Crippen LogP contribution in [0.4, 0.5) is 17.1 Å². The van der Waals surface area contributed by atoms with Gasteiger partial charge in [0.1, 0.15) is 16.8 Å². The molecule has 0 bridgehead atoms. The average Bonchev–Trinajstić information content (AvgIpc) is 3.44. The molecule has 1 aliphatic rings. The summed E-state index contributed by atoms with van der Waals surface area (Å²) in [5, 5.41) is 13.4. The molecule has 0 aliphatic carbocycles. The molecular formula is C23H20N4O6S. The number of benzene rings is 2. The number of nitrogens with one attached hydrogen (secondary N) is 1. The van der Waals surface area contributed by atoms with Crippen LogP contribution in [0.5, 0.6) is 5.75 Å². The lowest BCUT2D eigenvalue weighted by molar-refractivity contribution is -0.384. The van der Waals surface area contributed by atoms with Crippen LogP contribution in [0.25, 0.3) is 0 Å². The minimum Gasteiger partial charge on any atom is -0.494 e. The minimum absolute atomic E-state index is 0.119. The van der Waals surface area contributed by atoms with Gasteiger partial charge in [0.05, 0.1) is 42.3 Å². The number of rotatable bonds is 8. The first-order valence-electron chi connectivity index (χ1n) is 10.2. The van der Waals surface area contributed by atoms with Gasteiger partial charge >= 0.3 is 0 Å². The van der Waals surface area contributed by atoms with Crippen molar-refractivity contribution in [1.82, 2.24) is 4.90 Å². The molecule has 3 aromatic rings. The van der Waals surface area contributed by atoms with Crippen LogP contribution in [-0.4, -0.2) is 39.2 Å². The van der Waals surface area contributed by atoms with E-state index in [2.05, 4.69) is 10.3 Å². The molecule has 10 nitrogen and oxygen atoms in total. The molecule has 1 aliphatic heterocycles. The minimum atomic E-state index is -0.693. The quantitative estimate of drug-likeness (QED) is 0.375. The van der Waals surface area contributed by atoms with E-state index in [-0.39, 0.29) is 36.0 Å². The number of furan rings is 1. The Hall–Kier alpha value is -4.12. The summed E-state index contributed by atoms with van der Waals surface area (Å²) < 4.78 is 10.5. The van der Waals surface area contributed by atoms with Crippen LogP contribution in [0.2, 0.25) is 0 Å². The number of nitro groups is 1. The first kappa shape index (κ1) is 23.1.